The fraction of sp³-hybridized carbons (Fsp3) is 0.333. The van der Waals surface area contributed by atoms with Gasteiger partial charge in [0.25, 0.3) is 0 Å². The van der Waals surface area contributed by atoms with Crippen LogP contribution in [0.25, 0.3) is 0 Å². The zero-order chi connectivity index (χ0) is 13.1. The van der Waals surface area contributed by atoms with E-state index in [0.29, 0.717) is 22.2 Å². The van der Waals surface area contributed by atoms with E-state index in [1.165, 1.54) is 0 Å². The Bertz CT molecular complexity index is 540. The van der Waals surface area contributed by atoms with Gasteiger partial charge in [0.2, 0.25) is 0 Å². The molecule has 0 bridgehead atoms. The van der Waals surface area contributed by atoms with Crippen LogP contribution in [0, 0.1) is 0 Å². The lowest BCUT2D eigenvalue weighted by Crippen LogP contribution is -2.05. The second-order valence-corrected chi connectivity index (χ2v) is 4.44. The van der Waals surface area contributed by atoms with E-state index in [0.717, 1.165) is 0 Å². The summed E-state index contributed by atoms with van der Waals surface area (Å²) in [5, 5.41) is 17.9. The first-order valence-electron chi connectivity index (χ1n) is 5.51. The van der Waals surface area contributed by atoms with Gasteiger partial charge in [0.15, 0.2) is 5.82 Å². The number of aryl methyl sites for hydroxylation is 1. The topological polar surface area (TPSA) is 60.2 Å². The van der Waals surface area contributed by atoms with Crippen LogP contribution >= 0.6 is 11.6 Å². The Balaban J connectivity index is 2.16. The summed E-state index contributed by atoms with van der Waals surface area (Å²) in [6.07, 6.45) is 0.967. The molecule has 5 nitrogen and oxygen atoms in total. The van der Waals surface area contributed by atoms with Gasteiger partial charge in [-0.2, -0.15) is 0 Å². The molecular weight excluding hydrogens is 254 g/mol. The molecule has 1 aromatic carbocycles. The Kier molecular flexibility index (Phi) is 3.84. The summed E-state index contributed by atoms with van der Waals surface area (Å²) in [6.45, 7) is 1.96. The maximum atomic E-state index is 9.67. The number of benzene rings is 1. The molecule has 0 saturated heterocycles. The summed E-state index contributed by atoms with van der Waals surface area (Å²) in [7, 11) is 1.84. The van der Waals surface area contributed by atoms with Gasteiger partial charge in [-0.15, -0.1) is 10.2 Å². The zero-order valence-electron chi connectivity index (χ0n) is 10.2. The summed E-state index contributed by atoms with van der Waals surface area (Å²) in [5.41, 5.74) is 0.657. The highest BCUT2D eigenvalue weighted by atomic mass is 35.5. The number of aliphatic hydroxyl groups excluding tert-OH is 1. The highest BCUT2D eigenvalue weighted by molar-refractivity contribution is 6.30. The van der Waals surface area contributed by atoms with Gasteiger partial charge < -0.3 is 14.4 Å². The molecule has 0 aliphatic heterocycles. The van der Waals surface area contributed by atoms with Crippen LogP contribution in [0.15, 0.2) is 24.5 Å². The van der Waals surface area contributed by atoms with Crippen molar-refractivity contribution in [3.63, 3.8) is 0 Å². The number of hydrogen-bond donors (Lipinski definition) is 1. The highest BCUT2D eigenvalue weighted by Crippen LogP contribution is 2.28. The molecule has 1 atom stereocenters. The lowest BCUT2D eigenvalue weighted by Gasteiger charge is -2.13. The van der Waals surface area contributed by atoms with Crippen LogP contribution < -0.4 is 4.74 Å². The molecule has 0 spiro atoms. The first-order chi connectivity index (χ1) is 8.58. The molecule has 2 rings (SSSR count). The third-order valence-corrected chi connectivity index (χ3v) is 2.82. The summed E-state index contributed by atoms with van der Waals surface area (Å²) < 4.78 is 7.41. The Hall–Kier alpha value is -1.59. The van der Waals surface area contributed by atoms with E-state index in [2.05, 4.69) is 10.2 Å². The zero-order valence-corrected chi connectivity index (χ0v) is 10.9. The van der Waals surface area contributed by atoms with Crippen molar-refractivity contribution in [2.24, 2.45) is 7.05 Å². The monoisotopic (exact) mass is 267 g/mol. The number of nitrogens with zero attached hydrogens (tertiary/aromatic N) is 3. The van der Waals surface area contributed by atoms with Crippen LogP contribution in [0.3, 0.4) is 0 Å². The standard InChI is InChI=1S/C12H14ClN3O2/c1-8(17)10-5-9(13)3-4-11(10)18-6-12-15-14-7-16(12)2/h3-5,7-8,17H,6H2,1-2H3. The minimum absolute atomic E-state index is 0.290. The Labute approximate surface area is 110 Å². The maximum Gasteiger partial charge on any atom is 0.170 e. The largest absolute Gasteiger partial charge is 0.485 e. The van der Waals surface area contributed by atoms with E-state index < -0.39 is 6.10 Å². The molecule has 1 N–H and O–H groups in total. The molecule has 1 aromatic heterocycles. The van der Waals surface area contributed by atoms with Crippen molar-refractivity contribution in [1.29, 1.82) is 0 Å². The van der Waals surface area contributed by atoms with Gasteiger partial charge in [-0.25, -0.2) is 0 Å². The van der Waals surface area contributed by atoms with Crippen molar-refractivity contribution in [3.8, 4) is 5.75 Å². The number of ether oxygens (including phenoxy) is 1. The van der Waals surface area contributed by atoms with Crippen molar-refractivity contribution in [2.75, 3.05) is 0 Å². The first-order valence-corrected chi connectivity index (χ1v) is 5.89. The fourth-order valence-corrected chi connectivity index (χ4v) is 1.74. The van der Waals surface area contributed by atoms with Crippen LogP contribution in [0.4, 0.5) is 0 Å². The predicted octanol–water partition coefficient (Wildman–Crippen LogP) is 2.10. The molecule has 1 heterocycles. The van der Waals surface area contributed by atoms with Crippen LogP contribution in [-0.4, -0.2) is 19.9 Å². The second kappa shape index (κ2) is 5.37. The van der Waals surface area contributed by atoms with Crippen molar-refractivity contribution in [3.05, 3.63) is 40.9 Å². The smallest absolute Gasteiger partial charge is 0.170 e. The van der Waals surface area contributed by atoms with Crippen LogP contribution in [0.2, 0.25) is 5.02 Å². The van der Waals surface area contributed by atoms with Gasteiger partial charge >= 0.3 is 0 Å². The first kappa shape index (κ1) is 12.9. The number of aromatic nitrogens is 3. The molecule has 2 aromatic rings. The quantitative estimate of drug-likeness (QED) is 0.922. The van der Waals surface area contributed by atoms with E-state index in [-0.39, 0.29) is 6.61 Å². The Morgan fingerprint density at radius 3 is 2.89 bits per heavy atom. The molecule has 18 heavy (non-hydrogen) atoms. The van der Waals surface area contributed by atoms with Crippen molar-refractivity contribution >= 4 is 11.6 Å². The van der Waals surface area contributed by atoms with Gasteiger partial charge in [0, 0.05) is 17.6 Å². The summed E-state index contributed by atoms with van der Waals surface area (Å²) >= 11 is 5.89. The van der Waals surface area contributed by atoms with E-state index in [4.69, 9.17) is 16.3 Å². The predicted molar refractivity (Wildman–Crippen MR) is 67.4 cm³/mol. The molecule has 0 aliphatic carbocycles. The van der Waals surface area contributed by atoms with Crippen LogP contribution in [0.5, 0.6) is 5.75 Å². The molecule has 0 amide bonds. The van der Waals surface area contributed by atoms with Gasteiger partial charge in [0.05, 0.1) is 6.10 Å². The maximum absolute atomic E-state index is 9.67. The molecule has 0 fully saturated rings. The molecular formula is C12H14ClN3O2. The molecule has 1 unspecified atom stereocenters. The molecule has 6 heteroatoms. The van der Waals surface area contributed by atoms with E-state index in [1.807, 2.05) is 7.05 Å². The van der Waals surface area contributed by atoms with Crippen molar-refractivity contribution in [1.82, 2.24) is 14.8 Å². The van der Waals surface area contributed by atoms with E-state index in [9.17, 15) is 5.11 Å². The number of rotatable bonds is 4. The molecule has 0 aliphatic rings. The molecule has 0 radical (unpaired) electrons. The van der Waals surface area contributed by atoms with Gasteiger partial charge in [-0.3, -0.25) is 0 Å². The summed E-state index contributed by atoms with van der Waals surface area (Å²) in [6, 6.07) is 5.15. The Morgan fingerprint density at radius 2 is 2.28 bits per heavy atom. The summed E-state index contributed by atoms with van der Waals surface area (Å²) in [5.74, 6) is 1.30. The molecule has 0 saturated carbocycles. The van der Waals surface area contributed by atoms with Crippen molar-refractivity contribution in [2.45, 2.75) is 19.6 Å². The van der Waals surface area contributed by atoms with Gasteiger partial charge in [0.1, 0.15) is 18.7 Å². The number of halogens is 1. The molecule has 96 valence electrons. The SMILES string of the molecule is CC(O)c1cc(Cl)ccc1OCc1nncn1C. The lowest BCUT2D eigenvalue weighted by molar-refractivity contribution is 0.189. The van der Waals surface area contributed by atoms with Gasteiger partial charge in [-0.1, -0.05) is 11.6 Å². The number of hydrogen-bond acceptors (Lipinski definition) is 4. The van der Waals surface area contributed by atoms with Gasteiger partial charge in [-0.05, 0) is 25.1 Å². The van der Waals surface area contributed by atoms with Crippen LogP contribution in [0.1, 0.15) is 24.4 Å². The average Bonchev–Trinajstić information content (AvgIpc) is 2.73. The summed E-state index contributed by atoms with van der Waals surface area (Å²) in [4.78, 5) is 0. The third kappa shape index (κ3) is 2.80. The lowest BCUT2D eigenvalue weighted by atomic mass is 10.1. The van der Waals surface area contributed by atoms with E-state index >= 15 is 0 Å². The van der Waals surface area contributed by atoms with E-state index in [1.54, 1.807) is 36.0 Å². The average molecular weight is 268 g/mol. The highest BCUT2D eigenvalue weighted by Gasteiger charge is 2.11. The minimum atomic E-state index is -0.641. The normalized spacial score (nSPS) is 12.4. The minimum Gasteiger partial charge on any atom is -0.485 e. The van der Waals surface area contributed by atoms with Crippen LogP contribution in [-0.2, 0) is 13.7 Å². The second-order valence-electron chi connectivity index (χ2n) is 4.00. The third-order valence-electron chi connectivity index (χ3n) is 2.58. The van der Waals surface area contributed by atoms with Crippen molar-refractivity contribution < 1.29 is 9.84 Å². The Morgan fingerprint density at radius 1 is 1.50 bits per heavy atom. The fourth-order valence-electron chi connectivity index (χ4n) is 1.56. The number of aliphatic hydroxyl groups is 1.